The number of hydrogen-bond acceptors (Lipinski definition) is 2. The first kappa shape index (κ1) is 10.2. The SMILES string of the molecule is N#CCCCCCN=C1CCCC1. The predicted octanol–water partition coefficient (Wildman–Crippen LogP) is 3.09. The monoisotopic (exact) mass is 178 g/mol. The summed E-state index contributed by atoms with van der Waals surface area (Å²) < 4.78 is 0. The van der Waals surface area contributed by atoms with Crippen LogP contribution in [0.2, 0.25) is 0 Å². The van der Waals surface area contributed by atoms with Crippen molar-refractivity contribution < 1.29 is 0 Å². The normalized spacial score (nSPS) is 15.8. The summed E-state index contributed by atoms with van der Waals surface area (Å²) in [6, 6.07) is 2.16. The van der Waals surface area contributed by atoms with Gasteiger partial charge in [0.15, 0.2) is 0 Å². The van der Waals surface area contributed by atoms with E-state index < -0.39 is 0 Å². The quantitative estimate of drug-likeness (QED) is 0.596. The summed E-state index contributed by atoms with van der Waals surface area (Å²) in [5.74, 6) is 0. The zero-order valence-electron chi connectivity index (χ0n) is 8.26. The van der Waals surface area contributed by atoms with Crippen molar-refractivity contribution >= 4 is 5.71 Å². The molecule has 2 heteroatoms. The lowest BCUT2D eigenvalue weighted by Gasteiger charge is -1.96. The van der Waals surface area contributed by atoms with Crippen LogP contribution < -0.4 is 0 Å². The largest absolute Gasteiger partial charge is 0.294 e. The minimum absolute atomic E-state index is 0.705. The van der Waals surface area contributed by atoms with Crippen LogP contribution in [-0.4, -0.2) is 12.3 Å². The second-order valence-electron chi connectivity index (χ2n) is 3.62. The van der Waals surface area contributed by atoms with Crippen molar-refractivity contribution in [1.82, 2.24) is 0 Å². The summed E-state index contributed by atoms with van der Waals surface area (Å²) in [7, 11) is 0. The molecule has 0 amide bonds. The van der Waals surface area contributed by atoms with Crippen molar-refractivity contribution in [2.24, 2.45) is 4.99 Å². The smallest absolute Gasteiger partial charge is 0.0621 e. The van der Waals surface area contributed by atoms with Gasteiger partial charge in [-0.05, 0) is 38.5 Å². The fraction of sp³-hybridized carbons (Fsp3) is 0.818. The van der Waals surface area contributed by atoms with Crippen LogP contribution in [0.1, 0.15) is 51.4 Å². The van der Waals surface area contributed by atoms with Gasteiger partial charge >= 0.3 is 0 Å². The summed E-state index contributed by atoms with van der Waals surface area (Å²) in [5, 5.41) is 8.32. The Hall–Kier alpha value is -0.840. The maximum atomic E-state index is 8.32. The van der Waals surface area contributed by atoms with Crippen LogP contribution in [0.3, 0.4) is 0 Å². The van der Waals surface area contributed by atoms with E-state index in [0.717, 1.165) is 25.8 Å². The molecular formula is C11H18N2. The molecule has 0 aliphatic heterocycles. The Morgan fingerprint density at radius 3 is 2.62 bits per heavy atom. The Labute approximate surface area is 80.7 Å². The Balaban J connectivity index is 1.94. The number of unbranched alkanes of at least 4 members (excludes halogenated alkanes) is 3. The molecule has 0 N–H and O–H groups in total. The van der Waals surface area contributed by atoms with Crippen LogP contribution in [0.25, 0.3) is 0 Å². The van der Waals surface area contributed by atoms with Gasteiger partial charge in [0.05, 0.1) is 6.07 Å². The number of hydrogen-bond donors (Lipinski definition) is 0. The lowest BCUT2D eigenvalue weighted by atomic mass is 10.2. The third-order valence-corrected chi connectivity index (χ3v) is 2.46. The molecule has 72 valence electrons. The summed E-state index contributed by atoms with van der Waals surface area (Å²) in [4.78, 5) is 4.55. The number of nitrogens with zero attached hydrogens (tertiary/aromatic N) is 2. The van der Waals surface area contributed by atoms with Crippen molar-refractivity contribution in [3.63, 3.8) is 0 Å². The van der Waals surface area contributed by atoms with Crippen molar-refractivity contribution in [2.75, 3.05) is 6.54 Å². The summed E-state index contributed by atoms with van der Waals surface area (Å²) in [6.07, 6.45) is 9.21. The summed E-state index contributed by atoms with van der Waals surface area (Å²) in [6.45, 7) is 0.987. The van der Waals surface area contributed by atoms with Crippen LogP contribution >= 0.6 is 0 Å². The molecule has 0 aromatic rings. The van der Waals surface area contributed by atoms with E-state index in [-0.39, 0.29) is 0 Å². The Morgan fingerprint density at radius 2 is 1.92 bits per heavy atom. The van der Waals surface area contributed by atoms with E-state index >= 15 is 0 Å². The van der Waals surface area contributed by atoms with Crippen LogP contribution in [0.15, 0.2) is 4.99 Å². The van der Waals surface area contributed by atoms with Crippen LogP contribution in [-0.2, 0) is 0 Å². The molecule has 0 heterocycles. The molecule has 0 atom stereocenters. The molecule has 0 bridgehead atoms. The molecule has 0 aromatic carbocycles. The third kappa shape index (κ3) is 4.67. The molecule has 13 heavy (non-hydrogen) atoms. The van der Waals surface area contributed by atoms with Crippen molar-refractivity contribution in [2.45, 2.75) is 51.4 Å². The summed E-state index contributed by atoms with van der Waals surface area (Å²) in [5.41, 5.74) is 1.43. The third-order valence-electron chi connectivity index (χ3n) is 2.46. The molecule has 0 radical (unpaired) electrons. The molecule has 1 aliphatic rings. The molecule has 2 nitrogen and oxygen atoms in total. The van der Waals surface area contributed by atoms with Crippen LogP contribution in [0.4, 0.5) is 0 Å². The van der Waals surface area contributed by atoms with Crippen molar-refractivity contribution in [3.8, 4) is 6.07 Å². The average molecular weight is 178 g/mol. The molecule has 0 unspecified atom stereocenters. The first-order chi connectivity index (χ1) is 6.43. The molecule has 1 saturated carbocycles. The summed E-state index contributed by atoms with van der Waals surface area (Å²) >= 11 is 0. The topological polar surface area (TPSA) is 36.1 Å². The Kier molecular flexibility index (Phi) is 5.24. The molecule has 1 rings (SSSR count). The molecule has 0 aromatic heterocycles. The van der Waals surface area contributed by atoms with E-state index in [1.165, 1.54) is 31.4 Å². The molecule has 0 saturated heterocycles. The van der Waals surface area contributed by atoms with Gasteiger partial charge < -0.3 is 0 Å². The van der Waals surface area contributed by atoms with Crippen LogP contribution in [0.5, 0.6) is 0 Å². The van der Waals surface area contributed by atoms with E-state index in [1.807, 2.05) is 0 Å². The van der Waals surface area contributed by atoms with Crippen molar-refractivity contribution in [1.29, 1.82) is 5.26 Å². The second-order valence-corrected chi connectivity index (χ2v) is 3.62. The molecule has 0 spiro atoms. The van der Waals surface area contributed by atoms with E-state index in [9.17, 15) is 0 Å². The lowest BCUT2D eigenvalue weighted by Crippen LogP contribution is -1.91. The molecular weight excluding hydrogens is 160 g/mol. The average Bonchev–Trinajstić information content (AvgIpc) is 2.63. The highest BCUT2D eigenvalue weighted by molar-refractivity contribution is 5.86. The minimum Gasteiger partial charge on any atom is -0.294 e. The molecule has 1 fully saturated rings. The maximum absolute atomic E-state index is 8.32. The predicted molar refractivity (Wildman–Crippen MR) is 54.9 cm³/mol. The van der Waals surface area contributed by atoms with Gasteiger partial charge in [-0.25, -0.2) is 0 Å². The van der Waals surface area contributed by atoms with E-state index in [0.29, 0.717) is 6.42 Å². The number of aliphatic imine (C=N–C) groups is 1. The van der Waals surface area contributed by atoms with Gasteiger partial charge in [-0.3, -0.25) is 4.99 Å². The zero-order chi connectivity index (χ0) is 9.36. The lowest BCUT2D eigenvalue weighted by molar-refractivity contribution is 0.699. The molecule has 1 aliphatic carbocycles. The standard InChI is InChI=1S/C11H18N2/c12-9-5-1-2-6-10-13-11-7-3-4-8-11/h1-8,10H2. The van der Waals surface area contributed by atoms with E-state index in [1.54, 1.807) is 0 Å². The second kappa shape index (κ2) is 6.65. The van der Waals surface area contributed by atoms with Gasteiger partial charge in [-0.15, -0.1) is 0 Å². The Bertz CT molecular complexity index is 193. The van der Waals surface area contributed by atoms with Gasteiger partial charge in [-0.2, -0.15) is 5.26 Å². The van der Waals surface area contributed by atoms with Gasteiger partial charge in [0.1, 0.15) is 0 Å². The van der Waals surface area contributed by atoms with Crippen LogP contribution in [0, 0.1) is 11.3 Å². The van der Waals surface area contributed by atoms with Gasteiger partial charge in [0, 0.05) is 18.7 Å². The maximum Gasteiger partial charge on any atom is 0.0621 e. The number of nitriles is 1. The van der Waals surface area contributed by atoms with E-state index in [2.05, 4.69) is 11.1 Å². The first-order valence-corrected chi connectivity index (χ1v) is 5.32. The van der Waals surface area contributed by atoms with Gasteiger partial charge in [-0.1, -0.05) is 6.42 Å². The Morgan fingerprint density at radius 1 is 1.15 bits per heavy atom. The highest BCUT2D eigenvalue weighted by Crippen LogP contribution is 2.14. The first-order valence-electron chi connectivity index (χ1n) is 5.32. The number of rotatable bonds is 5. The zero-order valence-corrected chi connectivity index (χ0v) is 8.26. The fourth-order valence-electron chi connectivity index (χ4n) is 1.67. The highest BCUT2D eigenvalue weighted by atomic mass is 14.7. The van der Waals surface area contributed by atoms with Crippen molar-refractivity contribution in [3.05, 3.63) is 0 Å². The van der Waals surface area contributed by atoms with Gasteiger partial charge in [0.25, 0.3) is 0 Å². The fourth-order valence-corrected chi connectivity index (χ4v) is 1.67. The highest BCUT2D eigenvalue weighted by Gasteiger charge is 2.06. The van der Waals surface area contributed by atoms with E-state index in [4.69, 9.17) is 5.26 Å². The van der Waals surface area contributed by atoms with Gasteiger partial charge in [0.2, 0.25) is 0 Å². The minimum atomic E-state index is 0.705.